The summed E-state index contributed by atoms with van der Waals surface area (Å²) in [5.74, 6) is 0. The third-order valence-electron chi connectivity index (χ3n) is 4.33. The van der Waals surface area contributed by atoms with Crippen LogP contribution in [-0.2, 0) is 23.2 Å². The molecule has 2 aromatic carbocycles. The largest absolute Gasteiger partial charge is 0.416 e. The first-order valence-electron chi connectivity index (χ1n) is 8.50. The van der Waals surface area contributed by atoms with Gasteiger partial charge in [-0.1, -0.05) is 17.7 Å². The van der Waals surface area contributed by atoms with Gasteiger partial charge in [0, 0.05) is 32.1 Å². The van der Waals surface area contributed by atoms with E-state index in [1.807, 2.05) is 0 Å². The summed E-state index contributed by atoms with van der Waals surface area (Å²) in [6.45, 7) is 0. The summed E-state index contributed by atoms with van der Waals surface area (Å²) in [7, 11) is 0.852. The first kappa shape index (κ1) is 25.6. The number of nitrogens with zero attached hydrogens (tertiary/aromatic N) is 3. The lowest BCUT2D eigenvalue weighted by molar-refractivity contribution is -0.137. The Hall–Kier alpha value is -1.66. The van der Waals surface area contributed by atoms with Crippen LogP contribution in [0.3, 0.4) is 0 Å². The fourth-order valence-electron chi connectivity index (χ4n) is 2.63. The van der Waals surface area contributed by atoms with Crippen molar-refractivity contribution in [2.24, 2.45) is 12.0 Å². The zero-order valence-electron chi connectivity index (χ0n) is 16.5. The quantitative estimate of drug-likeness (QED) is 0.427. The van der Waals surface area contributed by atoms with Crippen LogP contribution in [0.5, 0.6) is 0 Å². The summed E-state index contributed by atoms with van der Waals surface area (Å²) in [5, 5.41) is 1.90. The summed E-state index contributed by atoms with van der Waals surface area (Å²) < 4.78 is 65.9. The van der Waals surface area contributed by atoms with E-state index in [0.29, 0.717) is 21.7 Å². The Labute approximate surface area is 197 Å². The third-order valence-corrected chi connectivity index (χ3v) is 7.54. The molecule has 12 heteroatoms. The van der Waals surface area contributed by atoms with Crippen LogP contribution in [0, 0.1) is 0 Å². The van der Waals surface area contributed by atoms with Gasteiger partial charge in [-0.3, -0.25) is 0 Å². The standard InChI is InChI=1S/C19H17ClF3N3O2S2.BrH/c1-25(2)30(27,28)17-10-12(4-9-15(17)20)16-11-29-18(26(16)3)24-14-7-5-13(6-8-14)19(21,22)23;/h4-11H,1-3H3;1H/b24-18+;. The van der Waals surface area contributed by atoms with Gasteiger partial charge in [-0.25, -0.2) is 17.7 Å². The molecular weight excluding hydrogens is 539 g/mol. The minimum absolute atomic E-state index is 0. The summed E-state index contributed by atoms with van der Waals surface area (Å²) in [5.41, 5.74) is 0.942. The van der Waals surface area contributed by atoms with E-state index >= 15 is 0 Å². The average molecular weight is 557 g/mol. The molecule has 0 spiro atoms. The van der Waals surface area contributed by atoms with Gasteiger partial charge < -0.3 is 4.57 Å². The van der Waals surface area contributed by atoms with Crippen LogP contribution >= 0.6 is 39.9 Å². The van der Waals surface area contributed by atoms with Gasteiger partial charge in [0.2, 0.25) is 10.0 Å². The van der Waals surface area contributed by atoms with E-state index in [2.05, 4.69) is 4.99 Å². The molecule has 0 saturated carbocycles. The predicted molar refractivity (Wildman–Crippen MR) is 122 cm³/mol. The number of halogens is 5. The van der Waals surface area contributed by atoms with Crippen molar-refractivity contribution in [2.45, 2.75) is 11.1 Å². The Balaban J connectivity index is 0.00000341. The maximum atomic E-state index is 12.7. The highest BCUT2D eigenvalue weighted by molar-refractivity contribution is 8.93. The Kier molecular flexibility index (Phi) is 7.81. The lowest BCUT2D eigenvalue weighted by Gasteiger charge is -2.14. The summed E-state index contributed by atoms with van der Waals surface area (Å²) in [6, 6.07) is 9.24. The molecular formula is C19H18BrClF3N3O2S2. The minimum atomic E-state index is -4.40. The van der Waals surface area contributed by atoms with E-state index in [9.17, 15) is 21.6 Å². The molecule has 0 aliphatic heterocycles. The Morgan fingerprint density at radius 3 is 2.26 bits per heavy atom. The van der Waals surface area contributed by atoms with Crippen LogP contribution in [-0.4, -0.2) is 31.4 Å². The Bertz CT molecular complexity index is 1250. The molecule has 0 radical (unpaired) electrons. The minimum Gasteiger partial charge on any atom is -0.320 e. The molecule has 168 valence electrons. The van der Waals surface area contributed by atoms with Crippen molar-refractivity contribution < 1.29 is 21.6 Å². The highest BCUT2D eigenvalue weighted by Gasteiger charge is 2.30. The number of aromatic nitrogens is 1. The molecule has 1 heterocycles. The van der Waals surface area contributed by atoms with Crippen LogP contribution < -0.4 is 4.80 Å². The van der Waals surface area contributed by atoms with Gasteiger partial charge in [0.25, 0.3) is 0 Å². The third kappa shape index (κ3) is 5.40. The van der Waals surface area contributed by atoms with Gasteiger partial charge in [-0.2, -0.15) is 13.2 Å². The van der Waals surface area contributed by atoms with E-state index in [4.69, 9.17) is 11.6 Å². The summed E-state index contributed by atoms with van der Waals surface area (Å²) >= 11 is 7.38. The van der Waals surface area contributed by atoms with Gasteiger partial charge in [0.05, 0.1) is 22.0 Å². The average Bonchev–Trinajstić information content (AvgIpc) is 3.02. The molecule has 1 aromatic heterocycles. The molecule has 0 aliphatic rings. The van der Waals surface area contributed by atoms with Crippen molar-refractivity contribution in [3.8, 4) is 11.3 Å². The van der Waals surface area contributed by atoms with Gasteiger partial charge in [-0.05, 0) is 36.4 Å². The van der Waals surface area contributed by atoms with Crippen molar-refractivity contribution in [3.05, 3.63) is 63.2 Å². The zero-order valence-corrected chi connectivity index (χ0v) is 20.6. The maximum Gasteiger partial charge on any atom is 0.416 e. The topological polar surface area (TPSA) is 54.7 Å². The van der Waals surface area contributed by atoms with Gasteiger partial charge >= 0.3 is 6.18 Å². The number of hydrogen-bond donors (Lipinski definition) is 0. The van der Waals surface area contributed by atoms with E-state index in [1.54, 1.807) is 23.1 Å². The molecule has 0 saturated heterocycles. The molecule has 0 aliphatic carbocycles. The normalized spacial score (nSPS) is 12.8. The first-order valence-corrected chi connectivity index (χ1v) is 11.2. The number of alkyl halides is 3. The van der Waals surface area contributed by atoms with Crippen molar-refractivity contribution in [1.82, 2.24) is 8.87 Å². The smallest absolute Gasteiger partial charge is 0.320 e. The van der Waals surface area contributed by atoms with E-state index in [1.165, 1.54) is 49.7 Å². The molecule has 0 unspecified atom stereocenters. The first-order chi connectivity index (χ1) is 13.9. The van der Waals surface area contributed by atoms with Crippen molar-refractivity contribution in [1.29, 1.82) is 0 Å². The number of hydrogen-bond acceptors (Lipinski definition) is 4. The van der Waals surface area contributed by atoms with Crippen molar-refractivity contribution in [3.63, 3.8) is 0 Å². The second-order valence-corrected chi connectivity index (χ2v) is 9.92. The fraction of sp³-hybridized carbons (Fsp3) is 0.211. The van der Waals surface area contributed by atoms with Gasteiger partial charge in [0.15, 0.2) is 4.80 Å². The highest BCUT2D eigenvalue weighted by atomic mass is 79.9. The molecule has 0 N–H and O–H groups in total. The Morgan fingerprint density at radius 1 is 1.10 bits per heavy atom. The van der Waals surface area contributed by atoms with Crippen LogP contribution in [0.4, 0.5) is 18.9 Å². The molecule has 0 amide bonds. The van der Waals surface area contributed by atoms with Crippen LogP contribution in [0.2, 0.25) is 5.02 Å². The molecule has 3 rings (SSSR count). The maximum absolute atomic E-state index is 12.7. The summed E-state index contributed by atoms with van der Waals surface area (Å²) in [6.07, 6.45) is -4.40. The molecule has 0 atom stereocenters. The lowest BCUT2D eigenvalue weighted by atomic mass is 10.2. The van der Waals surface area contributed by atoms with Crippen molar-refractivity contribution >= 4 is 55.6 Å². The number of benzene rings is 2. The van der Waals surface area contributed by atoms with Gasteiger partial charge in [0.1, 0.15) is 4.90 Å². The van der Waals surface area contributed by atoms with E-state index in [0.717, 1.165) is 16.4 Å². The number of thiazole rings is 1. The molecule has 0 fully saturated rings. The molecule has 0 bridgehead atoms. The van der Waals surface area contributed by atoms with Crippen LogP contribution in [0.1, 0.15) is 5.56 Å². The second-order valence-electron chi connectivity index (χ2n) is 6.55. The summed E-state index contributed by atoms with van der Waals surface area (Å²) in [4.78, 5) is 4.91. The lowest BCUT2D eigenvalue weighted by Crippen LogP contribution is -2.22. The van der Waals surface area contributed by atoms with E-state index < -0.39 is 21.8 Å². The van der Waals surface area contributed by atoms with Crippen LogP contribution in [0.25, 0.3) is 11.3 Å². The number of sulfonamides is 1. The highest BCUT2D eigenvalue weighted by Crippen LogP contribution is 2.31. The van der Waals surface area contributed by atoms with E-state index in [-0.39, 0.29) is 26.9 Å². The molecule has 3 aromatic rings. The Morgan fingerprint density at radius 2 is 1.71 bits per heavy atom. The second kappa shape index (κ2) is 9.45. The SMILES string of the molecule is Br.CN(C)S(=O)(=O)c1cc(-c2cs/c(=N/c3ccc(C(F)(F)F)cc3)n2C)ccc1Cl. The molecule has 5 nitrogen and oxygen atoms in total. The van der Waals surface area contributed by atoms with Gasteiger partial charge in [-0.15, -0.1) is 28.3 Å². The molecule has 31 heavy (non-hydrogen) atoms. The number of rotatable bonds is 4. The monoisotopic (exact) mass is 555 g/mol. The van der Waals surface area contributed by atoms with Crippen molar-refractivity contribution in [2.75, 3.05) is 14.1 Å². The fourth-order valence-corrected chi connectivity index (χ4v) is 4.94. The van der Waals surface area contributed by atoms with Crippen LogP contribution in [0.15, 0.2) is 57.7 Å². The predicted octanol–water partition coefficient (Wildman–Crippen LogP) is 5.49. The zero-order chi connectivity index (χ0) is 22.3.